The second-order valence-corrected chi connectivity index (χ2v) is 6.10. The molecule has 4 heteroatoms. The number of hydrogen-bond acceptors (Lipinski definition) is 3. The van der Waals surface area contributed by atoms with Crippen molar-refractivity contribution in [3.05, 3.63) is 29.8 Å². The molecule has 1 aromatic rings. The van der Waals surface area contributed by atoms with Crippen molar-refractivity contribution in [2.45, 2.75) is 38.3 Å². The monoisotopic (exact) mass is 288 g/mol. The topological polar surface area (TPSA) is 41.6 Å². The van der Waals surface area contributed by atoms with Crippen molar-refractivity contribution in [3.8, 4) is 5.75 Å². The van der Waals surface area contributed by atoms with Crippen LogP contribution in [0.4, 0.5) is 0 Å². The molecule has 4 nitrogen and oxygen atoms in total. The summed E-state index contributed by atoms with van der Waals surface area (Å²) in [5.74, 6) is 1.32. The fourth-order valence-electron chi connectivity index (χ4n) is 3.63. The molecule has 0 radical (unpaired) electrons. The molecule has 1 amide bonds. The predicted octanol–water partition coefficient (Wildman–Crippen LogP) is 2.36. The van der Waals surface area contributed by atoms with Crippen molar-refractivity contribution in [1.82, 2.24) is 10.2 Å². The normalized spacial score (nSPS) is 28.9. The lowest BCUT2D eigenvalue weighted by molar-refractivity contribution is -0.136. The Labute approximate surface area is 126 Å². The highest BCUT2D eigenvalue weighted by Gasteiger charge is 2.37. The highest BCUT2D eigenvalue weighted by Crippen LogP contribution is 2.35. The second kappa shape index (κ2) is 6.06. The average molecular weight is 288 g/mol. The van der Waals surface area contributed by atoms with Gasteiger partial charge in [-0.05, 0) is 50.4 Å². The van der Waals surface area contributed by atoms with E-state index in [1.807, 2.05) is 12.1 Å². The van der Waals surface area contributed by atoms with Gasteiger partial charge in [-0.3, -0.25) is 4.79 Å². The minimum absolute atomic E-state index is 0.135. The number of rotatable bonds is 3. The minimum Gasteiger partial charge on any atom is -0.497 e. The van der Waals surface area contributed by atoms with Gasteiger partial charge in [0.25, 0.3) is 0 Å². The van der Waals surface area contributed by atoms with E-state index in [9.17, 15) is 4.79 Å². The van der Waals surface area contributed by atoms with E-state index < -0.39 is 0 Å². The van der Waals surface area contributed by atoms with Crippen molar-refractivity contribution in [2.24, 2.45) is 5.92 Å². The summed E-state index contributed by atoms with van der Waals surface area (Å²) in [6.07, 6.45) is 3.09. The Morgan fingerprint density at radius 1 is 1.38 bits per heavy atom. The molecule has 114 valence electrons. The molecule has 1 aromatic carbocycles. The molecule has 2 heterocycles. The van der Waals surface area contributed by atoms with E-state index in [0.717, 1.165) is 38.1 Å². The highest BCUT2D eigenvalue weighted by molar-refractivity contribution is 5.80. The summed E-state index contributed by atoms with van der Waals surface area (Å²) in [7, 11) is 1.68. The minimum atomic E-state index is 0.135. The van der Waals surface area contributed by atoms with Crippen molar-refractivity contribution in [2.75, 3.05) is 20.2 Å². The van der Waals surface area contributed by atoms with Gasteiger partial charge in [-0.15, -0.1) is 0 Å². The fourth-order valence-corrected chi connectivity index (χ4v) is 3.63. The molecule has 0 aliphatic carbocycles. The number of ether oxygens (including phenoxy) is 1. The zero-order valence-corrected chi connectivity index (χ0v) is 12.8. The number of hydrogen-bond donors (Lipinski definition) is 1. The van der Waals surface area contributed by atoms with Crippen LogP contribution in [0.2, 0.25) is 0 Å². The molecular formula is C17H24N2O2. The Morgan fingerprint density at radius 3 is 2.95 bits per heavy atom. The molecule has 3 rings (SSSR count). The summed E-state index contributed by atoms with van der Waals surface area (Å²) in [6, 6.07) is 8.63. The fraction of sp³-hybridized carbons (Fsp3) is 0.588. The van der Waals surface area contributed by atoms with E-state index in [4.69, 9.17) is 4.74 Å². The number of methoxy groups -OCH3 is 1. The summed E-state index contributed by atoms with van der Waals surface area (Å²) in [6.45, 7) is 3.95. The van der Waals surface area contributed by atoms with Gasteiger partial charge in [-0.1, -0.05) is 12.1 Å². The van der Waals surface area contributed by atoms with Gasteiger partial charge in [0.05, 0.1) is 19.1 Å². The quantitative estimate of drug-likeness (QED) is 0.928. The van der Waals surface area contributed by atoms with Gasteiger partial charge in [0.2, 0.25) is 5.91 Å². The predicted molar refractivity (Wildman–Crippen MR) is 82.3 cm³/mol. The van der Waals surface area contributed by atoms with E-state index in [-0.39, 0.29) is 12.0 Å². The van der Waals surface area contributed by atoms with Crippen LogP contribution in [-0.4, -0.2) is 37.0 Å². The summed E-state index contributed by atoms with van der Waals surface area (Å²) < 4.78 is 5.31. The van der Waals surface area contributed by atoms with Crippen molar-refractivity contribution < 1.29 is 9.53 Å². The van der Waals surface area contributed by atoms with Crippen LogP contribution in [0, 0.1) is 5.92 Å². The molecule has 2 aliphatic rings. The second-order valence-electron chi connectivity index (χ2n) is 6.10. The molecule has 0 spiro atoms. The van der Waals surface area contributed by atoms with Crippen LogP contribution in [0.15, 0.2) is 24.3 Å². The first-order valence-electron chi connectivity index (χ1n) is 7.88. The van der Waals surface area contributed by atoms with Crippen LogP contribution < -0.4 is 10.1 Å². The van der Waals surface area contributed by atoms with E-state index >= 15 is 0 Å². The molecule has 21 heavy (non-hydrogen) atoms. The van der Waals surface area contributed by atoms with E-state index in [0.29, 0.717) is 11.9 Å². The highest BCUT2D eigenvalue weighted by atomic mass is 16.5. The van der Waals surface area contributed by atoms with Crippen LogP contribution in [0.1, 0.15) is 37.8 Å². The number of carbonyl (C=O) groups excluding carboxylic acids is 1. The third kappa shape index (κ3) is 2.77. The largest absolute Gasteiger partial charge is 0.497 e. The lowest BCUT2D eigenvalue weighted by Crippen LogP contribution is -2.39. The number of carbonyl (C=O) groups is 1. The maximum atomic E-state index is 12.9. The summed E-state index contributed by atoms with van der Waals surface area (Å²) in [5.41, 5.74) is 1.19. The lowest BCUT2D eigenvalue weighted by Gasteiger charge is -2.29. The number of likely N-dealkylation sites (tertiary alicyclic amines) is 1. The zero-order chi connectivity index (χ0) is 14.8. The number of nitrogens with zero attached hydrogens (tertiary/aromatic N) is 1. The number of nitrogens with one attached hydrogen (secondary N) is 1. The van der Waals surface area contributed by atoms with Crippen LogP contribution in [0.5, 0.6) is 5.75 Å². The molecule has 3 atom stereocenters. The van der Waals surface area contributed by atoms with Crippen molar-refractivity contribution in [3.63, 3.8) is 0 Å². The lowest BCUT2D eigenvalue weighted by atomic mass is 9.98. The summed E-state index contributed by atoms with van der Waals surface area (Å²) >= 11 is 0. The Hall–Kier alpha value is -1.55. The van der Waals surface area contributed by atoms with Crippen LogP contribution >= 0.6 is 0 Å². The summed E-state index contributed by atoms with van der Waals surface area (Å²) in [4.78, 5) is 14.9. The molecule has 2 fully saturated rings. The Bertz CT molecular complexity index is 517. The molecule has 0 saturated carbocycles. The average Bonchev–Trinajstić information content (AvgIpc) is 3.15. The molecule has 3 unspecified atom stereocenters. The van der Waals surface area contributed by atoms with Crippen LogP contribution in [0.3, 0.4) is 0 Å². The molecule has 0 aromatic heterocycles. The van der Waals surface area contributed by atoms with Gasteiger partial charge in [0.15, 0.2) is 0 Å². The first kappa shape index (κ1) is 14.4. The van der Waals surface area contributed by atoms with Gasteiger partial charge < -0.3 is 15.0 Å². The molecule has 2 aliphatic heterocycles. The molecule has 2 saturated heterocycles. The smallest absolute Gasteiger partial charge is 0.227 e. The standard InChI is InChI=1S/C17H24N2O2/c1-12-15(8-9-18-12)17(20)19-10-4-7-16(19)13-5-3-6-14(11-13)21-2/h3,5-6,11-12,15-16,18H,4,7-10H2,1-2H3. The van der Waals surface area contributed by atoms with E-state index in [1.165, 1.54) is 5.56 Å². The maximum absolute atomic E-state index is 12.9. The van der Waals surface area contributed by atoms with Gasteiger partial charge >= 0.3 is 0 Å². The Balaban J connectivity index is 1.80. The van der Waals surface area contributed by atoms with Crippen LogP contribution in [-0.2, 0) is 4.79 Å². The molecule has 0 bridgehead atoms. The summed E-state index contributed by atoms with van der Waals surface area (Å²) in [5, 5.41) is 3.38. The third-order valence-electron chi connectivity index (χ3n) is 4.86. The Morgan fingerprint density at radius 2 is 2.24 bits per heavy atom. The first-order chi connectivity index (χ1) is 10.2. The first-order valence-corrected chi connectivity index (χ1v) is 7.88. The van der Waals surface area contributed by atoms with Gasteiger partial charge in [0, 0.05) is 12.6 Å². The van der Waals surface area contributed by atoms with E-state index in [1.54, 1.807) is 7.11 Å². The van der Waals surface area contributed by atoms with Gasteiger partial charge in [0.1, 0.15) is 5.75 Å². The maximum Gasteiger partial charge on any atom is 0.227 e. The Kier molecular flexibility index (Phi) is 4.15. The van der Waals surface area contributed by atoms with Crippen LogP contribution in [0.25, 0.3) is 0 Å². The molecular weight excluding hydrogens is 264 g/mol. The third-order valence-corrected chi connectivity index (χ3v) is 4.86. The molecule has 1 N–H and O–H groups in total. The van der Waals surface area contributed by atoms with E-state index in [2.05, 4.69) is 29.3 Å². The van der Waals surface area contributed by atoms with Gasteiger partial charge in [-0.2, -0.15) is 0 Å². The number of benzene rings is 1. The van der Waals surface area contributed by atoms with Crippen molar-refractivity contribution >= 4 is 5.91 Å². The SMILES string of the molecule is COc1cccc(C2CCCN2C(=O)C2CCNC2C)c1. The number of amides is 1. The zero-order valence-electron chi connectivity index (χ0n) is 12.8. The van der Waals surface area contributed by atoms with Gasteiger partial charge in [-0.25, -0.2) is 0 Å². The van der Waals surface area contributed by atoms with Crippen molar-refractivity contribution in [1.29, 1.82) is 0 Å².